The molecule has 0 aliphatic carbocycles. The largest absolute Gasteiger partial charge is 0.383 e. The summed E-state index contributed by atoms with van der Waals surface area (Å²) in [6, 6.07) is 7.66. The number of nitrogens with zero attached hydrogens (tertiary/aromatic N) is 5. The number of aromatic nitrogens is 3. The highest BCUT2D eigenvalue weighted by molar-refractivity contribution is 6.11. The number of benzene rings is 2. The third-order valence-electron chi connectivity index (χ3n) is 5.75. The van der Waals surface area contributed by atoms with Crippen LogP contribution < -0.4 is 10.6 Å². The van der Waals surface area contributed by atoms with Crippen LogP contribution in [0.3, 0.4) is 0 Å². The molecule has 10 heteroatoms. The van der Waals surface area contributed by atoms with E-state index in [0.717, 1.165) is 18.1 Å². The molecule has 3 N–H and O–H groups in total. The molecule has 5 rings (SSSR count). The van der Waals surface area contributed by atoms with Crippen LogP contribution in [0, 0.1) is 24.0 Å². The first-order valence-corrected chi connectivity index (χ1v) is 10.4. The quantitative estimate of drug-likeness (QED) is 0.367. The van der Waals surface area contributed by atoms with E-state index in [9.17, 15) is 8.78 Å². The molecule has 0 radical (unpaired) electrons. The van der Waals surface area contributed by atoms with E-state index >= 15 is 0 Å². The molecular formula is C23H21F2N7O. The third-order valence-corrected chi connectivity index (χ3v) is 5.75. The Labute approximate surface area is 187 Å². The van der Waals surface area contributed by atoms with Gasteiger partial charge in [-0.2, -0.15) is 0 Å². The van der Waals surface area contributed by atoms with Crippen LogP contribution in [0.15, 0.2) is 41.5 Å². The number of anilines is 1. The van der Waals surface area contributed by atoms with E-state index in [1.54, 1.807) is 6.07 Å². The van der Waals surface area contributed by atoms with Crippen LogP contribution in [0.2, 0.25) is 0 Å². The second kappa shape index (κ2) is 8.21. The first kappa shape index (κ1) is 21.0. The molecule has 4 aromatic rings. The Kier molecular flexibility index (Phi) is 5.21. The predicted molar refractivity (Wildman–Crippen MR) is 124 cm³/mol. The van der Waals surface area contributed by atoms with E-state index in [1.165, 1.54) is 12.3 Å². The number of morpholine rings is 1. The van der Waals surface area contributed by atoms with Gasteiger partial charge in [0.15, 0.2) is 5.82 Å². The summed E-state index contributed by atoms with van der Waals surface area (Å²) in [7, 11) is 0. The van der Waals surface area contributed by atoms with Crippen molar-refractivity contribution in [3.63, 3.8) is 0 Å². The maximum absolute atomic E-state index is 14.4. The number of amidine groups is 1. The van der Waals surface area contributed by atoms with Gasteiger partial charge in [-0.05, 0) is 31.2 Å². The molecule has 0 atom stereocenters. The molecule has 2 aromatic heterocycles. The van der Waals surface area contributed by atoms with Gasteiger partial charge in [0.1, 0.15) is 34.8 Å². The molecule has 0 bridgehead atoms. The summed E-state index contributed by atoms with van der Waals surface area (Å²) in [5.74, 6) is -0.656. The first-order chi connectivity index (χ1) is 16.0. The fourth-order valence-electron chi connectivity index (χ4n) is 4.28. The third kappa shape index (κ3) is 3.58. The Morgan fingerprint density at radius 3 is 2.73 bits per heavy atom. The molecule has 0 unspecified atom stereocenters. The van der Waals surface area contributed by atoms with E-state index in [2.05, 4.69) is 14.9 Å². The van der Waals surface area contributed by atoms with Gasteiger partial charge >= 0.3 is 0 Å². The van der Waals surface area contributed by atoms with Crippen molar-refractivity contribution in [3.05, 3.63) is 59.6 Å². The minimum absolute atomic E-state index is 0.0737. The number of imidazole rings is 1. The molecule has 1 aliphatic rings. The summed E-state index contributed by atoms with van der Waals surface area (Å²) in [5.41, 5.74) is 9.56. The summed E-state index contributed by atoms with van der Waals surface area (Å²) in [5, 5.41) is 7.66. The van der Waals surface area contributed by atoms with Gasteiger partial charge < -0.3 is 15.4 Å². The van der Waals surface area contributed by atoms with Crippen molar-refractivity contribution in [1.82, 2.24) is 14.5 Å². The Hall–Kier alpha value is -3.92. The molecule has 1 saturated heterocycles. The van der Waals surface area contributed by atoms with E-state index in [-0.39, 0.29) is 11.4 Å². The minimum Gasteiger partial charge on any atom is -0.383 e. The average molecular weight is 449 g/mol. The number of fused-ring (bicyclic) bond motifs is 2. The van der Waals surface area contributed by atoms with Crippen molar-refractivity contribution >= 4 is 39.8 Å². The SMILES string of the molecule is Cc1nc2c(C(N)=NC=N)cc(N3CCOCC3)cc2n1-c1ccnc2c(F)cc(F)cc12. The fraction of sp³-hybridized carbons (Fsp3) is 0.217. The monoisotopic (exact) mass is 449 g/mol. The number of aliphatic imine (C=N–C) groups is 1. The van der Waals surface area contributed by atoms with Crippen molar-refractivity contribution in [3.8, 4) is 5.69 Å². The van der Waals surface area contributed by atoms with Gasteiger partial charge in [-0.1, -0.05) is 0 Å². The number of hydrogen-bond donors (Lipinski definition) is 2. The van der Waals surface area contributed by atoms with Crippen LogP contribution in [0.1, 0.15) is 11.4 Å². The normalized spacial score (nSPS) is 14.9. The summed E-state index contributed by atoms with van der Waals surface area (Å²) in [4.78, 5) is 14.9. The Bertz CT molecular complexity index is 1420. The van der Waals surface area contributed by atoms with Crippen LogP contribution in [-0.4, -0.2) is 53.0 Å². The lowest BCUT2D eigenvalue weighted by Gasteiger charge is -2.29. The van der Waals surface area contributed by atoms with Gasteiger partial charge in [0.05, 0.1) is 24.4 Å². The van der Waals surface area contributed by atoms with Gasteiger partial charge in [0.25, 0.3) is 0 Å². The number of pyridine rings is 1. The van der Waals surface area contributed by atoms with Crippen LogP contribution >= 0.6 is 0 Å². The Morgan fingerprint density at radius 1 is 1.18 bits per heavy atom. The minimum atomic E-state index is -0.731. The van der Waals surface area contributed by atoms with Gasteiger partial charge in [-0.3, -0.25) is 15.0 Å². The van der Waals surface area contributed by atoms with Crippen LogP contribution in [0.5, 0.6) is 0 Å². The number of hydrogen-bond acceptors (Lipinski definition) is 5. The Morgan fingerprint density at radius 2 is 1.97 bits per heavy atom. The van der Waals surface area contributed by atoms with Crippen molar-refractivity contribution in [2.45, 2.75) is 6.92 Å². The van der Waals surface area contributed by atoms with E-state index in [0.29, 0.717) is 59.8 Å². The molecule has 0 saturated carbocycles. The van der Waals surface area contributed by atoms with Crippen LogP contribution in [-0.2, 0) is 4.74 Å². The van der Waals surface area contributed by atoms with E-state index in [1.807, 2.05) is 23.6 Å². The zero-order valence-electron chi connectivity index (χ0n) is 17.8. The average Bonchev–Trinajstić information content (AvgIpc) is 3.14. The molecule has 33 heavy (non-hydrogen) atoms. The maximum atomic E-state index is 14.4. The van der Waals surface area contributed by atoms with Crippen LogP contribution in [0.25, 0.3) is 27.6 Å². The summed E-state index contributed by atoms with van der Waals surface area (Å²) in [6.45, 7) is 4.42. The Balaban J connectivity index is 1.83. The lowest BCUT2D eigenvalue weighted by molar-refractivity contribution is 0.122. The summed E-state index contributed by atoms with van der Waals surface area (Å²) < 4.78 is 35.9. The molecule has 2 aromatic carbocycles. The lowest BCUT2D eigenvalue weighted by Crippen LogP contribution is -2.36. The molecule has 1 aliphatic heterocycles. The first-order valence-electron chi connectivity index (χ1n) is 10.4. The van der Waals surface area contributed by atoms with E-state index < -0.39 is 11.6 Å². The molecule has 1 fully saturated rings. The van der Waals surface area contributed by atoms with E-state index in [4.69, 9.17) is 20.9 Å². The zero-order chi connectivity index (χ0) is 23.1. The van der Waals surface area contributed by atoms with Gasteiger partial charge in [-0.15, -0.1) is 0 Å². The molecule has 0 amide bonds. The van der Waals surface area contributed by atoms with Crippen molar-refractivity contribution < 1.29 is 13.5 Å². The van der Waals surface area contributed by atoms with Gasteiger partial charge in [0.2, 0.25) is 0 Å². The van der Waals surface area contributed by atoms with Crippen molar-refractivity contribution in [1.29, 1.82) is 5.41 Å². The topological polar surface area (TPSA) is 105 Å². The second-order valence-electron chi connectivity index (χ2n) is 7.71. The molecule has 8 nitrogen and oxygen atoms in total. The molecule has 0 spiro atoms. The van der Waals surface area contributed by atoms with Gasteiger partial charge in [-0.25, -0.2) is 18.8 Å². The number of ether oxygens (including phenoxy) is 1. The molecular weight excluding hydrogens is 428 g/mol. The summed E-state index contributed by atoms with van der Waals surface area (Å²) in [6.07, 6.45) is 2.37. The predicted octanol–water partition coefficient (Wildman–Crippen LogP) is 3.31. The highest BCUT2D eigenvalue weighted by atomic mass is 19.1. The number of nitrogens with one attached hydrogen (secondary N) is 1. The number of halogens is 2. The lowest BCUT2D eigenvalue weighted by atomic mass is 10.1. The molecule has 168 valence electrons. The number of aryl methyl sites for hydroxylation is 1. The smallest absolute Gasteiger partial charge is 0.152 e. The second-order valence-corrected chi connectivity index (χ2v) is 7.71. The molecule has 3 heterocycles. The van der Waals surface area contributed by atoms with Crippen LogP contribution in [0.4, 0.5) is 14.5 Å². The number of nitrogens with two attached hydrogens (primary N) is 1. The number of rotatable bonds is 4. The highest BCUT2D eigenvalue weighted by Gasteiger charge is 2.21. The fourth-order valence-corrected chi connectivity index (χ4v) is 4.28. The highest BCUT2D eigenvalue weighted by Crippen LogP contribution is 2.32. The van der Waals surface area contributed by atoms with Gasteiger partial charge in [0, 0.05) is 42.0 Å². The summed E-state index contributed by atoms with van der Waals surface area (Å²) >= 11 is 0. The van der Waals surface area contributed by atoms with Crippen molar-refractivity contribution in [2.24, 2.45) is 10.7 Å². The van der Waals surface area contributed by atoms with Crippen molar-refractivity contribution in [2.75, 3.05) is 31.2 Å². The standard InChI is InChI=1S/C23H21F2N7O/c1-13-30-22-17(23(27)29-12-26)10-15(31-4-6-33-7-5-31)11-20(22)32(13)19-2-3-28-21-16(19)8-14(24)9-18(21)25/h2-3,8-12H,4-7H2,1H3,(H3,26,27,29). The zero-order valence-corrected chi connectivity index (χ0v) is 17.8. The maximum Gasteiger partial charge on any atom is 0.152 e.